The molecular weight excluding hydrogens is 122 g/mol. The lowest BCUT2D eigenvalue weighted by Gasteiger charge is -1.81. The molecule has 0 aliphatic heterocycles. The van der Waals surface area contributed by atoms with Gasteiger partial charge in [-0.15, -0.1) is 0 Å². The number of hydrogen-bond donors (Lipinski definition) is 4. The van der Waals surface area contributed by atoms with E-state index in [9.17, 15) is 0 Å². The van der Waals surface area contributed by atoms with Gasteiger partial charge >= 0.3 is 0 Å². The number of rotatable bonds is 1. The average molecular weight is 129 g/mol. The van der Waals surface area contributed by atoms with E-state index in [1.807, 2.05) is 0 Å². The fraction of sp³-hybridized carbons (Fsp3) is 0. The van der Waals surface area contributed by atoms with E-state index in [4.69, 9.17) is 22.6 Å². The van der Waals surface area contributed by atoms with Crippen LogP contribution in [0.1, 0.15) is 0 Å². The first-order valence-electron chi connectivity index (χ1n) is 1.96. The van der Waals surface area contributed by atoms with E-state index < -0.39 is 5.96 Å². The molecule has 7 heteroatoms. The smallest absolute Gasteiger partial charge is 0.234 e. The van der Waals surface area contributed by atoms with Gasteiger partial charge in [-0.2, -0.15) is 0 Å². The average Bonchev–Trinajstić information content (AvgIpc) is 1.63. The van der Waals surface area contributed by atoms with Crippen molar-refractivity contribution in [1.29, 1.82) is 5.41 Å². The maximum Gasteiger partial charge on any atom is 0.234 e. The number of nitrogens with two attached hydrogens (primary N) is 3. The molecule has 0 heterocycles. The van der Waals surface area contributed by atoms with Gasteiger partial charge in [-0.05, 0) is 5.22 Å². The Morgan fingerprint density at radius 2 is 1.78 bits per heavy atom. The normalized spacial score (nSPS) is 9.33. The van der Waals surface area contributed by atoms with Crippen LogP contribution in [0.25, 0.3) is 0 Å². The van der Waals surface area contributed by atoms with Crippen molar-refractivity contribution in [1.82, 2.24) is 0 Å². The van der Waals surface area contributed by atoms with Crippen molar-refractivity contribution in [3.05, 3.63) is 0 Å². The number of guanidine groups is 2. The lowest BCUT2D eigenvalue weighted by molar-refractivity contribution is 1.05. The second-order valence-electron chi connectivity index (χ2n) is 1.10. The Kier molecular flexibility index (Phi) is 2.74. The summed E-state index contributed by atoms with van der Waals surface area (Å²) in [5.41, 5.74) is 14.4. The summed E-state index contributed by atoms with van der Waals surface area (Å²) in [6.07, 6.45) is 0. The lowest BCUT2D eigenvalue weighted by atomic mass is 11.1. The lowest BCUT2D eigenvalue weighted by Crippen LogP contribution is -2.21. The minimum atomic E-state index is -0.444. The SMILES string of the molecule is N=C(N)/N=N/N=C(N)N. The van der Waals surface area contributed by atoms with Crippen LogP contribution in [0.4, 0.5) is 0 Å². The molecule has 0 fully saturated rings. The molecule has 0 aliphatic carbocycles. The van der Waals surface area contributed by atoms with Crippen molar-refractivity contribution in [2.45, 2.75) is 0 Å². The largest absolute Gasteiger partial charge is 0.368 e. The van der Waals surface area contributed by atoms with Crippen LogP contribution in [-0.4, -0.2) is 11.9 Å². The summed E-state index contributed by atoms with van der Waals surface area (Å²) in [7, 11) is 0. The van der Waals surface area contributed by atoms with E-state index in [2.05, 4.69) is 15.4 Å². The summed E-state index contributed by atoms with van der Waals surface area (Å²) in [5.74, 6) is -0.667. The van der Waals surface area contributed by atoms with Gasteiger partial charge in [0, 0.05) is 0 Å². The molecule has 7 N–H and O–H groups in total. The Balaban J connectivity index is 3.74. The van der Waals surface area contributed by atoms with Crippen molar-refractivity contribution >= 4 is 11.9 Å². The van der Waals surface area contributed by atoms with Gasteiger partial charge in [0.1, 0.15) is 0 Å². The van der Waals surface area contributed by atoms with E-state index in [-0.39, 0.29) is 5.96 Å². The van der Waals surface area contributed by atoms with Crippen LogP contribution in [-0.2, 0) is 0 Å². The molecule has 0 aromatic heterocycles. The second kappa shape index (κ2) is 3.36. The third-order valence-corrected chi connectivity index (χ3v) is 0.313. The fourth-order valence-electron chi connectivity index (χ4n) is 0.122. The van der Waals surface area contributed by atoms with Gasteiger partial charge in [-0.3, -0.25) is 5.41 Å². The predicted octanol–water partition coefficient (Wildman–Crippen LogP) is -1.48. The Morgan fingerprint density at radius 1 is 1.22 bits per heavy atom. The highest BCUT2D eigenvalue weighted by atomic mass is 15.4. The molecule has 0 saturated carbocycles. The topological polar surface area (TPSA) is 139 Å². The third-order valence-electron chi connectivity index (χ3n) is 0.313. The molecule has 0 saturated heterocycles. The first kappa shape index (κ1) is 7.34. The zero-order valence-corrected chi connectivity index (χ0v) is 4.57. The van der Waals surface area contributed by atoms with Gasteiger partial charge in [0.15, 0.2) is 0 Å². The molecule has 0 rings (SSSR count). The quantitative estimate of drug-likeness (QED) is 0.148. The maximum absolute atomic E-state index is 6.51. The Bertz CT molecular complexity index is 150. The molecule has 0 spiro atoms. The monoisotopic (exact) mass is 129 g/mol. The van der Waals surface area contributed by atoms with Crippen LogP contribution in [0.5, 0.6) is 0 Å². The van der Waals surface area contributed by atoms with Gasteiger partial charge < -0.3 is 17.2 Å². The highest BCUT2D eigenvalue weighted by molar-refractivity contribution is 5.76. The van der Waals surface area contributed by atoms with Crippen molar-refractivity contribution in [3.8, 4) is 0 Å². The van der Waals surface area contributed by atoms with E-state index in [1.54, 1.807) is 0 Å². The molecule has 0 bridgehead atoms. The van der Waals surface area contributed by atoms with Crippen LogP contribution in [0.2, 0.25) is 0 Å². The molecule has 9 heavy (non-hydrogen) atoms. The molecule has 0 aromatic rings. The summed E-state index contributed by atoms with van der Waals surface area (Å²) in [6.45, 7) is 0. The van der Waals surface area contributed by atoms with Crippen LogP contribution >= 0.6 is 0 Å². The molecule has 50 valence electrons. The van der Waals surface area contributed by atoms with Crippen molar-refractivity contribution in [2.24, 2.45) is 32.6 Å². The second-order valence-corrected chi connectivity index (χ2v) is 1.10. The summed E-state index contributed by atoms with van der Waals surface area (Å²) >= 11 is 0. The van der Waals surface area contributed by atoms with Crippen LogP contribution in [0.15, 0.2) is 15.4 Å². The van der Waals surface area contributed by atoms with E-state index in [0.717, 1.165) is 0 Å². The zero-order valence-electron chi connectivity index (χ0n) is 4.57. The van der Waals surface area contributed by atoms with Gasteiger partial charge in [-0.25, -0.2) is 0 Å². The summed E-state index contributed by atoms with van der Waals surface area (Å²) < 4.78 is 0. The van der Waals surface area contributed by atoms with E-state index in [0.29, 0.717) is 0 Å². The Morgan fingerprint density at radius 3 is 2.11 bits per heavy atom. The summed E-state index contributed by atoms with van der Waals surface area (Å²) in [5, 5.41) is 15.6. The third kappa shape index (κ3) is 6.34. The molecule has 0 atom stereocenters. The Hall–Kier alpha value is -1.66. The molecule has 0 aromatic carbocycles. The number of nitrogens with zero attached hydrogens (tertiary/aromatic N) is 3. The number of nitrogens with one attached hydrogen (secondary N) is 1. The molecule has 0 unspecified atom stereocenters. The minimum Gasteiger partial charge on any atom is -0.368 e. The standard InChI is InChI=1S/C2H7N7/c3-1(4)7-9-8-2(5)6/h(H7,3,4,5,6,7,8). The van der Waals surface area contributed by atoms with Gasteiger partial charge in [-0.1, -0.05) is 10.2 Å². The zero-order chi connectivity index (χ0) is 7.28. The fourth-order valence-corrected chi connectivity index (χ4v) is 0.122. The van der Waals surface area contributed by atoms with E-state index in [1.165, 1.54) is 0 Å². The molecular formula is C2H7N7. The van der Waals surface area contributed by atoms with Gasteiger partial charge in [0.25, 0.3) is 0 Å². The predicted molar refractivity (Wildman–Crippen MR) is 32.6 cm³/mol. The highest BCUT2D eigenvalue weighted by Gasteiger charge is 1.76. The van der Waals surface area contributed by atoms with Crippen LogP contribution in [0, 0.1) is 5.41 Å². The molecule has 7 nitrogen and oxygen atoms in total. The van der Waals surface area contributed by atoms with Crippen LogP contribution < -0.4 is 17.2 Å². The summed E-state index contributed by atoms with van der Waals surface area (Å²) in [6, 6.07) is 0. The molecule has 0 radical (unpaired) electrons. The van der Waals surface area contributed by atoms with Crippen LogP contribution in [0.3, 0.4) is 0 Å². The highest BCUT2D eigenvalue weighted by Crippen LogP contribution is 1.72. The minimum absolute atomic E-state index is 0.222. The molecule has 0 amide bonds. The van der Waals surface area contributed by atoms with Crippen molar-refractivity contribution < 1.29 is 0 Å². The first-order chi connectivity index (χ1) is 4.13. The van der Waals surface area contributed by atoms with Gasteiger partial charge in [0.2, 0.25) is 11.9 Å². The van der Waals surface area contributed by atoms with Gasteiger partial charge in [0.05, 0.1) is 0 Å². The van der Waals surface area contributed by atoms with E-state index >= 15 is 0 Å². The first-order valence-corrected chi connectivity index (χ1v) is 1.96. The van der Waals surface area contributed by atoms with Crippen molar-refractivity contribution in [3.63, 3.8) is 0 Å². The Labute approximate surface area is 51.1 Å². The summed E-state index contributed by atoms with van der Waals surface area (Å²) in [4.78, 5) is 0. The number of hydrogen-bond acceptors (Lipinski definition) is 2. The molecule has 0 aliphatic rings. The maximum atomic E-state index is 6.51. The van der Waals surface area contributed by atoms with Crippen molar-refractivity contribution in [2.75, 3.05) is 0 Å².